The van der Waals surface area contributed by atoms with Crippen LogP contribution in [0.2, 0.25) is 0 Å². The van der Waals surface area contributed by atoms with E-state index in [1.54, 1.807) is 6.20 Å². The van der Waals surface area contributed by atoms with E-state index >= 15 is 0 Å². The van der Waals surface area contributed by atoms with Crippen LogP contribution in [0.1, 0.15) is 5.56 Å². The van der Waals surface area contributed by atoms with E-state index < -0.39 is 0 Å². The van der Waals surface area contributed by atoms with Gasteiger partial charge in [0, 0.05) is 43.3 Å². The molecule has 0 aliphatic carbocycles. The van der Waals surface area contributed by atoms with Crippen molar-refractivity contribution in [2.24, 2.45) is 0 Å². The zero-order valence-corrected chi connectivity index (χ0v) is 13.4. The molecule has 3 heterocycles. The average Bonchev–Trinajstić information content (AvgIpc) is 3.07. The van der Waals surface area contributed by atoms with E-state index in [2.05, 4.69) is 51.3 Å². The third-order valence-corrected chi connectivity index (χ3v) is 4.01. The Labute approximate surface area is 140 Å². The molecular weight excluding hydrogens is 298 g/mol. The Kier molecular flexibility index (Phi) is 3.67. The molecule has 1 aromatic carbocycles. The molecule has 4 rings (SSSR count). The smallest absolute Gasteiger partial charge is 0.165 e. The van der Waals surface area contributed by atoms with Gasteiger partial charge in [0.25, 0.3) is 0 Å². The van der Waals surface area contributed by atoms with Gasteiger partial charge in [-0.2, -0.15) is 9.61 Å². The molecule has 0 radical (unpaired) electrons. The monoisotopic (exact) mass is 315 g/mol. The van der Waals surface area contributed by atoms with E-state index in [1.807, 2.05) is 47.4 Å². The van der Waals surface area contributed by atoms with Crippen LogP contribution >= 0.6 is 0 Å². The molecule has 5 heteroatoms. The SMILES string of the molecule is CN(Cc1ccccc1)c1ccnc2c(-c3cccnc3)cnn12. The second kappa shape index (κ2) is 6.12. The quantitative estimate of drug-likeness (QED) is 0.579. The Morgan fingerprint density at radius 3 is 2.62 bits per heavy atom. The second-order valence-corrected chi connectivity index (χ2v) is 5.68. The Morgan fingerprint density at radius 1 is 0.958 bits per heavy atom. The van der Waals surface area contributed by atoms with Crippen molar-refractivity contribution in [3.63, 3.8) is 0 Å². The first-order chi connectivity index (χ1) is 11.8. The van der Waals surface area contributed by atoms with E-state index in [1.165, 1.54) is 5.56 Å². The number of hydrogen-bond acceptors (Lipinski definition) is 4. The van der Waals surface area contributed by atoms with Crippen molar-refractivity contribution in [1.82, 2.24) is 19.6 Å². The molecule has 24 heavy (non-hydrogen) atoms. The number of pyridine rings is 1. The van der Waals surface area contributed by atoms with Gasteiger partial charge >= 0.3 is 0 Å². The van der Waals surface area contributed by atoms with Crippen molar-refractivity contribution in [1.29, 1.82) is 0 Å². The minimum atomic E-state index is 0.808. The first-order valence-corrected chi connectivity index (χ1v) is 7.81. The highest BCUT2D eigenvalue weighted by molar-refractivity contribution is 5.77. The van der Waals surface area contributed by atoms with Gasteiger partial charge < -0.3 is 4.90 Å². The number of anilines is 1. The number of hydrogen-bond donors (Lipinski definition) is 0. The van der Waals surface area contributed by atoms with Crippen LogP contribution in [0.3, 0.4) is 0 Å². The van der Waals surface area contributed by atoms with Crippen LogP contribution in [0.5, 0.6) is 0 Å². The predicted octanol–water partition coefficient (Wildman–Crippen LogP) is 3.43. The molecule has 0 bridgehead atoms. The van der Waals surface area contributed by atoms with Gasteiger partial charge in [-0.15, -0.1) is 0 Å². The van der Waals surface area contributed by atoms with E-state index in [4.69, 9.17) is 0 Å². The summed E-state index contributed by atoms with van der Waals surface area (Å²) in [6.07, 6.45) is 7.27. The molecule has 0 fully saturated rings. The van der Waals surface area contributed by atoms with Crippen LogP contribution in [0.15, 0.2) is 73.3 Å². The van der Waals surface area contributed by atoms with Gasteiger partial charge in [-0.05, 0) is 17.7 Å². The van der Waals surface area contributed by atoms with Crippen molar-refractivity contribution in [2.75, 3.05) is 11.9 Å². The third-order valence-electron chi connectivity index (χ3n) is 4.01. The molecule has 0 amide bonds. The van der Waals surface area contributed by atoms with Crippen LogP contribution in [0.25, 0.3) is 16.8 Å². The van der Waals surface area contributed by atoms with Crippen molar-refractivity contribution < 1.29 is 0 Å². The molecule has 0 aliphatic heterocycles. The first kappa shape index (κ1) is 14.4. The van der Waals surface area contributed by atoms with Crippen LogP contribution in [0, 0.1) is 0 Å². The topological polar surface area (TPSA) is 46.3 Å². The summed E-state index contributed by atoms with van der Waals surface area (Å²) in [6, 6.07) is 16.3. The fourth-order valence-electron chi connectivity index (χ4n) is 2.83. The van der Waals surface area contributed by atoms with E-state index in [9.17, 15) is 0 Å². The molecule has 0 N–H and O–H groups in total. The standard InChI is InChI=1S/C19H17N5/c1-23(14-15-6-3-2-4-7-15)18-9-11-21-19-17(13-22-24(18)19)16-8-5-10-20-12-16/h2-13H,14H2,1H3. The van der Waals surface area contributed by atoms with Crippen LogP contribution < -0.4 is 4.90 Å². The molecule has 0 saturated carbocycles. The van der Waals surface area contributed by atoms with E-state index in [0.29, 0.717) is 0 Å². The molecular formula is C19H17N5. The zero-order valence-electron chi connectivity index (χ0n) is 13.4. The second-order valence-electron chi connectivity index (χ2n) is 5.68. The molecule has 0 spiro atoms. The summed E-state index contributed by atoms with van der Waals surface area (Å²) in [6.45, 7) is 0.808. The summed E-state index contributed by atoms with van der Waals surface area (Å²) in [7, 11) is 2.06. The van der Waals surface area contributed by atoms with E-state index in [0.717, 1.165) is 29.1 Å². The number of rotatable bonds is 4. The van der Waals surface area contributed by atoms with Gasteiger partial charge in [-0.25, -0.2) is 4.98 Å². The number of benzene rings is 1. The molecule has 4 aromatic rings. The fraction of sp³-hybridized carbons (Fsp3) is 0.105. The molecule has 0 saturated heterocycles. The van der Waals surface area contributed by atoms with Gasteiger partial charge in [0.2, 0.25) is 0 Å². The van der Waals surface area contributed by atoms with Gasteiger partial charge in [0.15, 0.2) is 5.65 Å². The van der Waals surface area contributed by atoms with Crippen LogP contribution in [0.4, 0.5) is 5.82 Å². The van der Waals surface area contributed by atoms with Gasteiger partial charge in [-0.3, -0.25) is 4.98 Å². The number of aromatic nitrogens is 4. The predicted molar refractivity (Wildman–Crippen MR) is 94.8 cm³/mol. The summed E-state index contributed by atoms with van der Waals surface area (Å²) >= 11 is 0. The average molecular weight is 315 g/mol. The van der Waals surface area contributed by atoms with Crippen molar-refractivity contribution in [3.8, 4) is 11.1 Å². The van der Waals surface area contributed by atoms with Gasteiger partial charge in [0.1, 0.15) is 5.82 Å². The minimum absolute atomic E-state index is 0.808. The lowest BCUT2D eigenvalue weighted by atomic mass is 10.1. The first-order valence-electron chi connectivity index (χ1n) is 7.81. The fourth-order valence-corrected chi connectivity index (χ4v) is 2.83. The summed E-state index contributed by atoms with van der Waals surface area (Å²) in [5.74, 6) is 0.999. The lowest BCUT2D eigenvalue weighted by Crippen LogP contribution is -2.19. The Balaban J connectivity index is 1.73. The third kappa shape index (κ3) is 2.60. The van der Waals surface area contributed by atoms with Crippen molar-refractivity contribution >= 4 is 11.5 Å². The molecule has 3 aromatic heterocycles. The summed E-state index contributed by atoms with van der Waals surface area (Å²) in [5, 5.41) is 4.54. The maximum absolute atomic E-state index is 4.54. The lowest BCUT2D eigenvalue weighted by Gasteiger charge is -2.20. The molecule has 0 aliphatic rings. The highest BCUT2D eigenvalue weighted by atomic mass is 15.3. The van der Waals surface area contributed by atoms with Crippen LogP contribution in [-0.4, -0.2) is 26.6 Å². The number of fused-ring (bicyclic) bond motifs is 1. The summed E-state index contributed by atoms with van der Waals surface area (Å²) in [5.41, 5.74) is 4.09. The van der Waals surface area contributed by atoms with Crippen molar-refractivity contribution in [3.05, 3.63) is 78.9 Å². The zero-order chi connectivity index (χ0) is 16.4. The highest BCUT2D eigenvalue weighted by Gasteiger charge is 2.13. The van der Waals surface area contributed by atoms with Gasteiger partial charge in [0.05, 0.1) is 6.20 Å². The Morgan fingerprint density at radius 2 is 1.83 bits per heavy atom. The molecule has 118 valence electrons. The molecule has 5 nitrogen and oxygen atoms in total. The summed E-state index contributed by atoms with van der Waals surface area (Å²) < 4.78 is 1.88. The minimum Gasteiger partial charge on any atom is -0.355 e. The largest absolute Gasteiger partial charge is 0.355 e. The Bertz CT molecular complexity index is 947. The normalized spacial score (nSPS) is 10.9. The Hall–Kier alpha value is -3.21. The number of nitrogens with zero attached hydrogens (tertiary/aromatic N) is 5. The maximum atomic E-state index is 4.54. The highest BCUT2D eigenvalue weighted by Crippen LogP contribution is 2.25. The van der Waals surface area contributed by atoms with Crippen molar-refractivity contribution in [2.45, 2.75) is 6.54 Å². The lowest BCUT2D eigenvalue weighted by molar-refractivity contribution is 0.832. The summed E-state index contributed by atoms with van der Waals surface area (Å²) in [4.78, 5) is 10.9. The van der Waals surface area contributed by atoms with Gasteiger partial charge in [-0.1, -0.05) is 36.4 Å². The van der Waals surface area contributed by atoms with Crippen LogP contribution in [-0.2, 0) is 6.54 Å². The van der Waals surface area contributed by atoms with E-state index in [-0.39, 0.29) is 0 Å². The molecule has 0 unspecified atom stereocenters. The molecule has 0 atom stereocenters. The maximum Gasteiger partial charge on any atom is 0.165 e.